The van der Waals surface area contributed by atoms with Crippen molar-refractivity contribution in [2.24, 2.45) is 4.99 Å². The molecular weight excluding hydrogens is 313 g/mol. The minimum absolute atomic E-state index is 0.0414. The third-order valence-electron chi connectivity index (χ3n) is 4.99. The molecule has 1 atom stereocenters. The Balaban J connectivity index is 2.60. The summed E-state index contributed by atoms with van der Waals surface area (Å²) in [4.78, 5) is 4.40. The lowest BCUT2D eigenvalue weighted by atomic mass is 9.92. The molecule has 0 radical (unpaired) electrons. The van der Waals surface area contributed by atoms with E-state index < -0.39 is 0 Å². The lowest BCUT2D eigenvalue weighted by molar-refractivity contribution is 0.448. The molecule has 0 heterocycles. The van der Waals surface area contributed by atoms with E-state index in [2.05, 4.69) is 57.0 Å². The van der Waals surface area contributed by atoms with E-state index in [4.69, 9.17) is 0 Å². The molecule has 3 heteroatoms. The molecule has 0 aliphatic carbocycles. The molecule has 0 saturated carbocycles. The van der Waals surface area contributed by atoms with Crippen molar-refractivity contribution in [1.82, 2.24) is 0 Å². The molecule has 0 aromatic heterocycles. The minimum Gasteiger partial charge on any atom is -0.508 e. The van der Waals surface area contributed by atoms with Gasteiger partial charge in [-0.05, 0) is 43.6 Å². The van der Waals surface area contributed by atoms with Gasteiger partial charge in [-0.3, -0.25) is 4.99 Å². The number of aryl methyl sites for hydroxylation is 1. The maximum Gasteiger partial charge on any atom is 0.119 e. The summed E-state index contributed by atoms with van der Waals surface area (Å²) in [6.07, 6.45) is 1.99. The number of para-hydroxylation sites is 1. The summed E-state index contributed by atoms with van der Waals surface area (Å²) >= 11 is 0. The molecule has 24 heavy (non-hydrogen) atoms. The van der Waals surface area contributed by atoms with Gasteiger partial charge in [0.25, 0.3) is 0 Å². The smallest absolute Gasteiger partial charge is 0.119 e. The minimum atomic E-state index is -0.0414. The SMILES string of the molecule is CCC(CC)(Pc1c(C)cccc1C(C)=NC)c1ccccc1O. The number of aromatic hydroxyl groups is 1. The summed E-state index contributed by atoms with van der Waals surface area (Å²) in [5, 5.41) is 11.8. The van der Waals surface area contributed by atoms with Crippen molar-refractivity contribution in [2.45, 2.75) is 45.7 Å². The van der Waals surface area contributed by atoms with E-state index in [1.165, 1.54) is 16.4 Å². The van der Waals surface area contributed by atoms with Gasteiger partial charge in [0.05, 0.1) is 0 Å². The van der Waals surface area contributed by atoms with Crippen molar-refractivity contribution in [3.05, 3.63) is 59.2 Å². The molecule has 0 aliphatic heterocycles. The first kappa shape index (κ1) is 18.7. The van der Waals surface area contributed by atoms with E-state index >= 15 is 0 Å². The molecule has 0 spiro atoms. The summed E-state index contributed by atoms with van der Waals surface area (Å²) in [6, 6.07) is 14.2. The first-order valence-corrected chi connectivity index (χ1v) is 9.59. The van der Waals surface area contributed by atoms with Gasteiger partial charge < -0.3 is 5.11 Å². The van der Waals surface area contributed by atoms with Crippen LogP contribution in [0.4, 0.5) is 0 Å². The molecule has 0 bridgehead atoms. The fourth-order valence-corrected chi connectivity index (χ4v) is 5.11. The van der Waals surface area contributed by atoms with Crippen molar-refractivity contribution >= 4 is 19.6 Å². The van der Waals surface area contributed by atoms with Crippen LogP contribution in [-0.4, -0.2) is 17.9 Å². The maximum atomic E-state index is 10.5. The Kier molecular flexibility index (Phi) is 6.18. The van der Waals surface area contributed by atoms with Crippen LogP contribution in [-0.2, 0) is 5.16 Å². The van der Waals surface area contributed by atoms with Crippen LogP contribution in [0.25, 0.3) is 0 Å². The summed E-state index contributed by atoms with van der Waals surface area (Å²) in [7, 11) is 2.44. The van der Waals surface area contributed by atoms with Gasteiger partial charge in [-0.15, -0.1) is 0 Å². The molecule has 0 aliphatic rings. The fraction of sp³-hybridized carbons (Fsp3) is 0.381. The second-order valence-corrected chi connectivity index (χ2v) is 7.94. The van der Waals surface area contributed by atoms with E-state index in [0.29, 0.717) is 14.3 Å². The zero-order valence-electron chi connectivity index (χ0n) is 15.4. The predicted molar refractivity (Wildman–Crippen MR) is 108 cm³/mol. The molecule has 128 valence electrons. The third kappa shape index (κ3) is 3.54. The van der Waals surface area contributed by atoms with E-state index in [1.54, 1.807) is 6.07 Å². The number of phenolic OH excluding ortho intramolecular Hbond substituents is 1. The van der Waals surface area contributed by atoms with E-state index in [1.807, 2.05) is 19.2 Å². The number of rotatable bonds is 6. The van der Waals surface area contributed by atoms with Crippen LogP contribution < -0.4 is 5.30 Å². The Morgan fingerprint density at radius 1 is 1.08 bits per heavy atom. The van der Waals surface area contributed by atoms with Gasteiger partial charge in [-0.25, -0.2) is 0 Å². The van der Waals surface area contributed by atoms with Gasteiger partial charge in [0.2, 0.25) is 0 Å². The number of hydrogen-bond donors (Lipinski definition) is 1. The van der Waals surface area contributed by atoms with Crippen LogP contribution in [0, 0.1) is 6.92 Å². The highest BCUT2D eigenvalue weighted by Gasteiger charge is 2.32. The topological polar surface area (TPSA) is 32.6 Å². The zero-order chi connectivity index (χ0) is 17.7. The van der Waals surface area contributed by atoms with Gasteiger partial charge in [0.1, 0.15) is 5.75 Å². The van der Waals surface area contributed by atoms with E-state index in [-0.39, 0.29) is 5.16 Å². The summed E-state index contributed by atoms with van der Waals surface area (Å²) in [6.45, 7) is 8.70. The van der Waals surface area contributed by atoms with Crippen molar-refractivity contribution in [1.29, 1.82) is 0 Å². The first-order chi connectivity index (χ1) is 11.5. The van der Waals surface area contributed by atoms with Gasteiger partial charge in [0, 0.05) is 29.0 Å². The predicted octanol–water partition coefficient (Wildman–Crippen LogP) is 5.16. The Morgan fingerprint density at radius 2 is 1.75 bits per heavy atom. The Morgan fingerprint density at radius 3 is 2.33 bits per heavy atom. The Hall–Kier alpha value is -1.66. The molecule has 1 unspecified atom stereocenters. The monoisotopic (exact) mass is 341 g/mol. The molecule has 2 aromatic carbocycles. The quantitative estimate of drug-likeness (QED) is 0.571. The number of benzene rings is 2. The maximum absolute atomic E-state index is 10.5. The summed E-state index contributed by atoms with van der Waals surface area (Å²) in [5.41, 5.74) is 4.67. The molecule has 0 amide bonds. The van der Waals surface area contributed by atoms with E-state index in [9.17, 15) is 5.11 Å². The van der Waals surface area contributed by atoms with Crippen LogP contribution in [0.2, 0.25) is 0 Å². The number of hydrogen-bond acceptors (Lipinski definition) is 2. The normalized spacial score (nSPS) is 13.0. The standard InChI is InChI=1S/C21H28NOP/c1-6-21(7-2,18-13-8-9-14-19(18)23)24-20-15(3)11-10-12-17(20)16(4)22-5/h8-14,23-24H,6-7H2,1-5H3. The number of nitrogens with zero attached hydrogens (tertiary/aromatic N) is 1. The third-order valence-corrected chi connectivity index (χ3v) is 7.36. The van der Waals surface area contributed by atoms with Crippen molar-refractivity contribution in [3.8, 4) is 5.75 Å². The van der Waals surface area contributed by atoms with Gasteiger partial charge >= 0.3 is 0 Å². The van der Waals surface area contributed by atoms with Crippen LogP contribution in [0.1, 0.15) is 50.3 Å². The first-order valence-electron chi connectivity index (χ1n) is 8.59. The highest BCUT2D eigenvalue weighted by molar-refractivity contribution is 7.49. The molecule has 0 fully saturated rings. The Labute approximate surface area is 147 Å². The average Bonchev–Trinajstić information content (AvgIpc) is 2.61. The number of aliphatic imine (C=N–C) groups is 1. The van der Waals surface area contributed by atoms with Crippen LogP contribution in [0.15, 0.2) is 47.5 Å². The van der Waals surface area contributed by atoms with Crippen LogP contribution in [0.5, 0.6) is 5.75 Å². The zero-order valence-corrected chi connectivity index (χ0v) is 16.4. The highest BCUT2D eigenvalue weighted by Crippen LogP contribution is 2.50. The number of phenols is 1. The highest BCUT2D eigenvalue weighted by atomic mass is 31.1. The van der Waals surface area contributed by atoms with Crippen LogP contribution in [0.3, 0.4) is 0 Å². The lowest BCUT2D eigenvalue weighted by Gasteiger charge is -2.34. The largest absolute Gasteiger partial charge is 0.508 e. The second-order valence-electron chi connectivity index (χ2n) is 6.24. The van der Waals surface area contributed by atoms with Crippen molar-refractivity contribution in [2.75, 3.05) is 7.05 Å². The average molecular weight is 341 g/mol. The molecule has 2 aromatic rings. The van der Waals surface area contributed by atoms with Crippen molar-refractivity contribution < 1.29 is 5.11 Å². The van der Waals surface area contributed by atoms with Gasteiger partial charge in [-0.1, -0.05) is 58.8 Å². The lowest BCUT2D eigenvalue weighted by Crippen LogP contribution is -2.25. The summed E-state index contributed by atoms with van der Waals surface area (Å²) in [5.74, 6) is 0.407. The molecule has 1 N–H and O–H groups in total. The second kappa shape index (κ2) is 7.94. The fourth-order valence-electron chi connectivity index (χ4n) is 3.25. The van der Waals surface area contributed by atoms with Crippen molar-refractivity contribution in [3.63, 3.8) is 0 Å². The molecule has 0 saturated heterocycles. The Bertz CT molecular complexity index is 732. The molecule has 2 nitrogen and oxygen atoms in total. The molecular formula is C21H28NOP. The molecule has 2 rings (SSSR count). The summed E-state index contributed by atoms with van der Waals surface area (Å²) < 4.78 is 0. The van der Waals surface area contributed by atoms with Crippen LogP contribution >= 0.6 is 8.58 Å². The van der Waals surface area contributed by atoms with E-state index in [0.717, 1.165) is 24.1 Å². The van der Waals surface area contributed by atoms with Gasteiger partial charge in [0.15, 0.2) is 0 Å². The van der Waals surface area contributed by atoms with Gasteiger partial charge in [-0.2, -0.15) is 0 Å².